The van der Waals surface area contributed by atoms with Crippen LogP contribution < -0.4 is 18.9 Å². The SMILES string of the molecule is COC(=O)c1cc(NS(=O)(=O)c2ccc(C(F)(F)F)cc2)c(Oc2cc(OC)ccc2Cl)c(OCCOC2CCCCO2)c1. The molecule has 1 unspecified atom stereocenters. The van der Waals surface area contributed by atoms with Gasteiger partial charge in [0, 0.05) is 12.7 Å². The lowest BCUT2D eigenvalue weighted by Crippen LogP contribution is -2.24. The number of benzene rings is 3. The number of hydrogen-bond acceptors (Lipinski definition) is 9. The second kappa shape index (κ2) is 14.4. The maximum absolute atomic E-state index is 13.3. The summed E-state index contributed by atoms with van der Waals surface area (Å²) in [5, 5.41) is 0.128. The van der Waals surface area contributed by atoms with Crippen molar-refractivity contribution in [2.75, 3.05) is 38.8 Å². The van der Waals surface area contributed by atoms with E-state index in [0.29, 0.717) is 24.5 Å². The first-order chi connectivity index (χ1) is 20.9. The molecule has 0 bridgehead atoms. The van der Waals surface area contributed by atoms with Crippen LogP contribution in [0.15, 0.2) is 59.5 Å². The molecule has 238 valence electrons. The van der Waals surface area contributed by atoms with E-state index in [2.05, 4.69) is 4.72 Å². The van der Waals surface area contributed by atoms with Crippen molar-refractivity contribution < 1.29 is 54.8 Å². The van der Waals surface area contributed by atoms with Crippen molar-refractivity contribution in [3.63, 3.8) is 0 Å². The minimum atomic E-state index is -4.67. The van der Waals surface area contributed by atoms with Gasteiger partial charge in [-0.15, -0.1) is 0 Å². The van der Waals surface area contributed by atoms with Gasteiger partial charge in [-0.3, -0.25) is 4.72 Å². The van der Waals surface area contributed by atoms with Crippen LogP contribution in [0.25, 0.3) is 0 Å². The van der Waals surface area contributed by atoms with Crippen molar-refractivity contribution in [3.8, 4) is 23.0 Å². The molecule has 0 aromatic heterocycles. The molecule has 1 fully saturated rings. The third-order valence-corrected chi connectivity index (χ3v) is 8.04. The van der Waals surface area contributed by atoms with Gasteiger partial charge in [-0.2, -0.15) is 13.2 Å². The third-order valence-electron chi connectivity index (χ3n) is 6.35. The molecule has 1 aliphatic rings. The summed E-state index contributed by atoms with van der Waals surface area (Å²) in [7, 11) is -1.97. The van der Waals surface area contributed by atoms with Gasteiger partial charge in [-0.1, -0.05) is 11.6 Å². The van der Waals surface area contributed by atoms with Gasteiger partial charge in [0.25, 0.3) is 10.0 Å². The van der Waals surface area contributed by atoms with Crippen LogP contribution in [0.3, 0.4) is 0 Å². The highest BCUT2D eigenvalue weighted by atomic mass is 35.5. The van der Waals surface area contributed by atoms with Crippen LogP contribution in [-0.4, -0.2) is 54.7 Å². The summed E-state index contributed by atoms with van der Waals surface area (Å²) in [6.07, 6.45) is -2.45. The zero-order valence-electron chi connectivity index (χ0n) is 23.6. The van der Waals surface area contributed by atoms with Gasteiger partial charge < -0.3 is 28.4 Å². The lowest BCUT2D eigenvalue weighted by Gasteiger charge is -2.23. The molecule has 4 rings (SSSR count). The first kappa shape index (κ1) is 33.2. The predicted octanol–water partition coefficient (Wildman–Crippen LogP) is 6.67. The summed E-state index contributed by atoms with van der Waals surface area (Å²) in [5.74, 6) is -0.723. The first-order valence-corrected chi connectivity index (χ1v) is 15.1. The van der Waals surface area contributed by atoms with Crippen molar-refractivity contribution in [2.45, 2.75) is 36.6 Å². The number of carbonyl (C=O) groups is 1. The maximum atomic E-state index is 13.3. The van der Waals surface area contributed by atoms with E-state index < -0.39 is 38.9 Å². The molecule has 1 N–H and O–H groups in total. The number of methoxy groups -OCH3 is 2. The van der Waals surface area contributed by atoms with Crippen molar-refractivity contribution in [3.05, 3.63) is 70.7 Å². The fourth-order valence-corrected chi connectivity index (χ4v) is 5.34. The molecule has 1 aliphatic heterocycles. The van der Waals surface area contributed by atoms with Crippen molar-refractivity contribution >= 4 is 33.3 Å². The van der Waals surface area contributed by atoms with E-state index in [4.69, 9.17) is 40.0 Å². The Morgan fingerprint density at radius 2 is 1.77 bits per heavy atom. The topological polar surface area (TPSA) is 119 Å². The molecule has 1 saturated heterocycles. The smallest absolute Gasteiger partial charge is 0.416 e. The molecule has 3 aromatic carbocycles. The summed E-state index contributed by atoms with van der Waals surface area (Å²) in [6, 6.07) is 9.80. The lowest BCUT2D eigenvalue weighted by molar-refractivity contribution is -0.165. The molecule has 0 aliphatic carbocycles. The maximum Gasteiger partial charge on any atom is 0.416 e. The summed E-state index contributed by atoms with van der Waals surface area (Å²) < 4.78 is 101. The Labute approximate surface area is 257 Å². The molecule has 0 radical (unpaired) electrons. The normalized spacial score (nSPS) is 15.4. The number of nitrogens with one attached hydrogen (secondary N) is 1. The highest BCUT2D eigenvalue weighted by molar-refractivity contribution is 7.92. The van der Waals surface area contributed by atoms with Crippen LogP contribution in [0.4, 0.5) is 18.9 Å². The van der Waals surface area contributed by atoms with Gasteiger partial charge >= 0.3 is 12.1 Å². The minimum Gasteiger partial charge on any atom is -0.497 e. The molecule has 1 atom stereocenters. The number of alkyl halides is 3. The molecule has 0 saturated carbocycles. The Hall–Kier alpha value is -3.72. The molecule has 1 heterocycles. The van der Waals surface area contributed by atoms with Crippen molar-refractivity contribution in [1.82, 2.24) is 0 Å². The molecule has 3 aromatic rings. The predicted molar refractivity (Wildman–Crippen MR) is 153 cm³/mol. The van der Waals surface area contributed by atoms with Gasteiger partial charge in [0.15, 0.2) is 17.8 Å². The molecule has 44 heavy (non-hydrogen) atoms. The van der Waals surface area contributed by atoms with Crippen LogP contribution in [0.1, 0.15) is 35.2 Å². The van der Waals surface area contributed by atoms with E-state index in [0.717, 1.165) is 44.6 Å². The first-order valence-electron chi connectivity index (χ1n) is 13.2. The van der Waals surface area contributed by atoms with Gasteiger partial charge in [0.05, 0.1) is 47.6 Å². The molecular weight excluding hydrogens is 631 g/mol. The summed E-state index contributed by atoms with van der Waals surface area (Å²) in [6.45, 7) is 0.602. The van der Waals surface area contributed by atoms with E-state index in [-0.39, 0.29) is 46.7 Å². The monoisotopic (exact) mass is 659 g/mol. The van der Waals surface area contributed by atoms with E-state index in [1.165, 1.54) is 25.3 Å². The molecule has 0 amide bonds. The molecule has 15 heteroatoms. The average Bonchev–Trinajstić information content (AvgIpc) is 3.01. The Bertz CT molecular complexity index is 1560. The fourth-order valence-electron chi connectivity index (χ4n) is 4.13. The van der Waals surface area contributed by atoms with Gasteiger partial charge in [-0.05, 0) is 67.8 Å². The van der Waals surface area contributed by atoms with E-state index in [1.807, 2.05) is 0 Å². The van der Waals surface area contributed by atoms with Gasteiger partial charge in [0.2, 0.25) is 0 Å². The third kappa shape index (κ3) is 8.46. The Balaban J connectivity index is 1.73. The number of rotatable bonds is 12. The van der Waals surface area contributed by atoms with Crippen LogP contribution in [0.2, 0.25) is 5.02 Å². The van der Waals surface area contributed by atoms with Gasteiger partial charge in [0.1, 0.15) is 18.1 Å². The Kier molecular flexibility index (Phi) is 10.8. The second-order valence-electron chi connectivity index (χ2n) is 9.38. The minimum absolute atomic E-state index is 0.0449. The second-order valence-corrected chi connectivity index (χ2v) is 11.5. The number of carbonyl (C=O) groups excluding carboxylic acids is 1. The zero-order valence-corrected chi connectivity index (χ0v) is 25.2. The fraction of sp³-hybridized carbons (Fsp3) is 0.345. The highest BCUT2D eigenvalue weighted by Gasteiger charge is 2.31. The molecule has 10 nitrogen and oxygen atoms in total. The standard InChI is InChI=1S/C29H29ClF3NO9S/c1-38-20-8-11-22(30)24(17-20)43-27-23(34-44(36,37)21-9-6-19(7-10-21)29(31,32)33)15-18(28(35)39-2)16-25(27)40-13-14-42-26-5-3-4-12-41-26/h6-11,15-17,26,34H,3-5,12-14H2,1-2H3. The largest absolute Gasteiger partial charge is 0.497 e. The van der Waals surface area contributed by atoms with Crippen LogP contribution in [0, 0.1) is 0 Å². The number of sulfonamides is 1. The van der Waals surface area contributed by atoms with E-state index in [9.17, 15) is 26.4 Å². The van der Waals surface area contributed by atoms with Crippen LogP contribution in [0.5, 0.6) is 23.0 Å². The quantitative estimate of drug-likeness (QED) is 0.168. The Morgan fingerprint density at radius 3 is 2.41 bits per heavy atom. The molecular formula is C29H29ClF3NO9S. The number of ether oxygens (including phenoxy) is 6. The van der Waals surface area contributed by atoms with E-state index >= 15 is 0 Å². The van der Waals surface area contributed by atoms with E-state index in [1.54, 1.807) is 6.07 Å². The summed E-state index contributed by atoms with van der Waals surface area (Å²) in [4.78, 5) is 12.1. The molecule has 0 spiro atoms. The summed E-state index contributed by atoms with van der Waals surface area (Å²) >= 11 is 6.35. The van der Waals surface area contributed by atoms with Crippen molar-refractivity contribution in [1.29, 1.82) is 0 Å². The van der Waals surface area contributed by atoms with Crippen LogP contribution in [-0.2, 0) is 30.4 Å². The number of hydrogen-bond donors (Lipinski definition) is 1. The van der Waals surface area contributed by atoms with Crippen molar-refractivity contribution in [2.24, 2.45) is 0 Å². The van der Waals surface area contributed by atoms with Crippen LogP contribution >= 0.6 is 11.6 Å². The van der Waals surface area contributed by atoms with Gasteiger partial charge in [-0.25, -0.2) is 13.2 Å². The average molecular weight is 660 g/mol. The Morgan fingerprint density at radius 1 is 1.02 bits per heavy atom. The number of anilines is 1. The lowest BCUT2D eigenvalue weighted by atomic mass is 10.1. The zero-order chi connectivity index (χ0) is 31.9. The highest BCUT2D eigenvalue weighted by Crippen LogP contribution is 2.44. The summed E-state index contributed by atoms with van der Waals surface area (Å²) in [5.41, 5.74) is -1.44. The number of halogens is 4. The number of esters is 1.